The number of carbonyl (C=O) groups is 2. The van der Waals surface area contributed by atoms with Crippen molar-refractivity contribution in [1.29, 1.82) is 0 Å². The lowest BCUT2D eigenvalue weighted by molar-refractivity contribution is -0.143. The van der Waals surface area contributed by atoms with Gasteiger partial charge in [0.15, 0.2) is 0 Å². The van der Waals surface area contributed by atoms with Gasteiger partial charge < -0.3 is 14.4 Å². The third-order valence-electron chi connectivity index (χ3n) is 6.39. The van der Waals surface area contributed by atoms with Crippen molar-refractivity contribution >= 4 is 17.4 Å². The van der Waals surface area contributed by atoms with Crippen LogP contribution in [0.4, 0.5) is 5.69 Å². The molecule has 4 rings (SSSR count). The normalized spacial score (nSPS) is 14.4. The highest BCUT2D eigenvalue weighted by molar-refractivity contribution is 5.90. The number of rotatable bonds is 12. The summed E-state index contributed by atoms with van der Waals surface area (Å²) in [6.45, 7) is 4.18. The lowest BCUT2D eigenvalue weighted by atomic mass is 9.93. The van der Waals surface area contributed by atoms with Crippen molar-refractivity contribution in [2.75, 3.05) is 24.6 Å². The fraction of sp³-hybridized carbons (Fsp3) is 0.333. The molecule has 1 unspecified atom stereocenters. The van der Waals surface area contributed by atoms with E-state index in [9.17, 15) is 9.59 Å². The maximum Gasteiger partial charge on any atom is 0.305 e. The minimum absolute atomic E-state index is 0.123. The molecule has 0 amide bonds. The molecule has 0 aliphatic carbocycles. The number of ether oxygens (including phenoxy) is 2. The van der Waals surface area contributed by atoms with Gasteiger partial charge >= 0.3 is 5.97 Å². The molecule has 0 bridgehead atoms. The predicted molar refractivity (Wildman–Crippen MR) is 138 cm³/mol. The zero-order valence-electron chi connectivity index (χ0n) is 20.3. The van der Waals surface area contributed by atoms with E-state index in [2.05, 4.69) is 17.0 Å². The largest absolute Gasteiger partial charge is 0.489 e. The summed E-state index contributed by atoms with van der Waals surface area (Å²) >= 11 is 0. The molecule has 0 aromatic heterocycles. The fourth-order valence-electron chi connectivity index (χ4n) is 4.56. The third kappa shape index (κ3) is 6.72. The molecule has 1 aliphatic heterocycles. The van der Waals surface area contributed by atoms with Crippen molar-refractivity contribution in [1.82, 2.24) is 0 Å². The first kappa shape index (κ1) is 24.5. The van der Waals surface area contributed by atoms with Gasteiger partial charge in [0.05, 0.1) is 12.5 Å². The van der Waals surface area contributed by atoms with Gasteiger partial charge in [-0.2, -0.15) is 0 Å². The van der Waals surface area contributed by atoms with Gasteiger partial charge in [0.2, 0.25) is 0 Å². The summed E-state index contributed by atoms with van der Waals surface area (Å²) in [7, 11) is 0. The van der Waals surface area contributed by atoms with Gasteiger partial charge in [-0.15, -0.1) is 0 Å². The van der Waals surface area contributed by atoms with Crippen LogP contribution < -0.4 is 9.64 Å². The first-order valence-corrected chi connectivity index (χ1v) is 12.4. The van der Waals surface area contributed by atoms with Crippen LogP contribution in [0.2, 0.25) is 0 Å². The van der Waals surface area contributed by atoms with Crippen molar-refractivity contribution in [3.05, 3.63) is 95.6 Å². The van der Waals surface area contributed by atoms with E-state index >= 15 is 0 Å². The number of nitrogens with zero attached hydrogens (tertiary/aromatic N) is 1. The SMILES string of the molecule is CCOC(=O)CCCN1CC(C(=O)CCc2ccc(OCc3ccccc3)cc2)c2ccccc21. The number of anilines is 1. The third-order valence-corrected chi connectivity index (χ3v) is 6.39. The number of fused-ring (bicyclic) bond motifs is 1. The summed E-state index contributed by atoms with van der Waals surface area (Å²) in [6, 6.07) is 26.2. The molecular formula is C30H33NO4. The molecule has 5 heteroatoms. The number of para-hydroxylation sites is 1. The van der Waals surface area contributed by atoms with Crippen molar-refractivity contribution in [2.24, 2.45) is 0 Å². The van der Waals surface area contributed by atoms with Gasteiger partial charge in [-0.25, -0.2) is 0 Å². The monoisotopic (exact) mass is 471 g/mol. The number of hydrogen-bond acceptors (Lipinski definition) is 5. The minimum Gasteiger partial charge on any atom is -0.489 e. The van der Waals surface area contributed by atoms with Crippen molar-refractivity contribution in [3.63, 3.8) is 0 Å². The summed E-state index contributed by atoms with van der Waals surface area (Å²) in [5.41, 5.74) is 4.46. The Morgan fingerprint density at radius 3 is 2.40 bits per heavy atom. The standard InChI is InChI=1S/C30H33NO4/c1-2-34-30(33)13-8-20-31-21-27(26-11-6-7-12-28(26)31)29(32)19-16-23-14-17-25(18-15-23)35-22-24-9-4-3-5-10-24/h3-7,9-12,14-15,17-18,27H,2,8,13,16,19-22H2,1H3. The molecule has 0 saturated carbocycles. The second-order valence-electron chi connectivity index (χ2n) is 8.85. The van der Waals surface area contributed by atoms with Crippen molar-refractivity contribution < 1.29 is 19.1 Å². The molecule has 182 valence electrons. The van der Waals surface area contributed by atoms with Crippen LogP contribution in [-0.2, 0) is 27.4 Å². The van der Waals surface area contributed by atoms with E-state index in [1.165, 1.54) is 0 Å². The van der Waals surface area contributed by atoms with Crippen LogP contribution in [0.1, 0.15) is 48.8 Å². The Morgan fingerprint density at radius 1 is 0.886 bits per heavy atom. The van der Waals surface area contributed by atoms with Crippen LogP contribution in [0.25, 0.3) is 0 Å². The summed E-state index contributed by atoms with van der Waals surface area (Å²) in [5.74, 6) is 0.799. The number of Topliss-reactive ketones (excluding diaryl/α,β-unsaturated/α-hetero) is 1. The zero-order valence-corrected chi connectivity index (χ0v) is 20.3. The van der Waals surface area contributed by atoms with Crippen LogP contribution >= 0.6 is 0 Å². The second-order valence-corrected chi connectivity index (χ2v) is 8.85. The molecule has 0 fully saturated rings. The Balaban J connectivity index is 1.28. The van der Waals surface area contributed by atoms with E-state index in [-0.39, 0.29) is 17.7 Å². The summed E-state index contributed by atoms with van der Waals surface area (Å²) in [5, 5.41) is 0. The van der Waals surface area contributed by atoms with E-state index in [4.69, 9.17) is 9.47 Å². The Morgan fingerprint density at radius 2 is 1.63 bits per heavy atom. The lowest BCUT2D eigenvalue weighted by Crippen LogP contribution is -2.26. The van der Waals surface area contributed by atoms with Crippen LogP contribution in [0.15, 0.2) is 78.9 Å². The summed E-state index contributed by atoms with van der Waals surface area (Å²) < 4.78 is 10.9. The van der Waals surface area contributed by atoms with Gasteiger partial charge in [0.1, 0.15) is 18.1 Å². The molecule has 0 radical (unpaired) electrons. The summed E-state index contributed by atoms with van der Waals surface area (Å²) in [6.07, 6.45) is 2.32. The van der Waals surface area contributed by atoms with Crippen LogP contribution in [0.5, 0.6) is 5.75 Å². The van der Waals surface area contributed by atoms with E-state index in [0.717, 1.165) is 34.7 Å². The maximum absolute atomic E-state index is 13.2. The highest BCUT2D eigenvalue weighted by Gasteiger charge is 2.32. The molecule has 1 aliphatic rings. The zero-order chi connectivity index (χ0) is 24.5. The number of carbonyl (C=O) groups excluding carboxylic acids is 2. The minimum atomic E-state index is -0.163. The average Bonchev–Trinajstić information content (AvgIpc) is 3.26. The predicted octanol–water partition coefficient (Wildman–Crippen LogP) is 5.71. The van der Waals surface area contributed by atoms with E-state index in [0.29, 0.717) is 45.4 Å². The molecule has 1 atom stereocenters. The van der Waals surface area contributed by atoms with E-state index in [1.54, 1.807) is 0 Å². The van der Waals surface area contributed by atoms with Gasteiger partial charge in [0, 0.05) is 31.6 Å². The Bertz CT molecular complexity index is 1110. The molecule has 35 heavy (non-hydrogen) atoms. The molecule has 1 heterocycles. The Hall–Kier alpha value is -3.60. The van der Waals surface area contributed by atoms with Crippen LogP contribution in [0.3, 0.4) is 0 Å². The number of esters is 1. The quantitative estimate of drug-likeness (QED) is 0.317. The molecule has 0 spiro atoms. The smallest absolute Gasteiger partial charge is 0.305 e. The first-order chi connectivity index (χ1) is 17.1. The number of hydrogen-bond donors (Lipinski definition) is 0. The number of benzene rings is 3. The van der Waals surface area contributed by atoms with Crippen LogP contribution in [-0.4, -0.2) is 31.4 Å². The van der Waals surface area contributed by atoms with Crippen molar-refractivity contribution in [3.8, 4) is 5.75 Å². The van der Waals surface area contributed by atoms with Gasteiger partial charge in [-0.1, -0.05) is 60.7 Å². The average molecular weight is 472 g/mol. The Labute approximate surface area is 207 Å². The fourth-order valence-corrected chi connectivity index (χ4v) is 4.56. The van der Waals surface area contributed by atoms with Gasteiger partial charge in [-0.05, 0) is 54.7 Å². The molecule has 0 saturated heterocycles. The van der Waals surface area contributed by atoms with Gasteiger partial charge in [-0.3, -0.25) is 9.59 Å². The molecule has 3 aromatic carbocycles. The number of ketones is 1. The van der Waals surface area contributed by atoms with Crippen LogP contribution in [0, 0.1) is 0 Å². The Kier molecular flexibility index (Phi) is 8.55. The maximum atomic E-state index is 13.2. The lowest BCUT2D eigenvalue weighted by Gasteiger charge is -2.19. The van der Waals surface area contributed by atoms with Gasteiger partial charge in [0.25, 0.3) is 0 Å². The highest BCUT2D eigenvalue weighted by atomic mass is 16.5. The van der Waals surface area contributed by atoms with Crippen molar-refractivity contribution in [2.45, 2.75) is 45.1 Å². The van der Waals surface area contributed by atoms with E-state index in [1.807, 2.05) is 73.7 Å². The topological polar surface area (TPSA) is 55.8 Å². The highest BCUT2D eigenvalue weighted by Crippen LogP contribution is 2.37. The van der Waals surface area contributed by atoms with E-state index < -0.39 is 0 Å². The first-order valence-electron chi connectivity index (χ1n) is 12.4. The molecule has 3 aromatic rings. The number of aryl methyl sites for hydroxylation is 1. The summed E-state index contributed by atoms with van der Waals surface area (Å²) in [4.78, 5) is 27.1. The molecule has 0 N–H and O–H groups in total. The second kappa shape index (κ2) is 12.2. The molecule has 5 nitrogen and oxygen atoms in total. The molecular weight excluding hydrogens is 438 g/mol.